The molecule has 0 atom stereocenters. The molecule has 5 nitrogen and oxygen atoms in total. The van der Waals surface area contributed by atoms with Crippen LogP contribution in [0.4, 0.5) is 0 Å². The van der Waals surface area contributed by atoms with E-state index in [0.717, 1.165) is 6.26 Å². The number of H-pyrrole nitrogens is 1. The van der Waals surface area contributed by atoms with Crippen molar-refractivity contribution in [2.24, 2.45) is 0 Å². The third kappa shape index (κ3) is 2.57. The smallest absolute Gasteiger partial charge is 0.259 e. The first-order chi connectivity index (χ1) is 9.95. The molecule has 0 unspecified atom stereocenters. The Morgan fingerprint density at radius 1 is 1.00 bits per heavy atom. The molecule has 0 aliphatic carbocycles. The van der Waals surface area contributed by atoms with Gasteiger partial charge < -0.3 is 4.98 Å². The molecule has 1 heterocycles. The van der Waals surface area contributed by atoms with Crippen LogP contribution in [0, 0.1) is 0 Å². The van der Waals surface area contributed by atoms with Crippen molar-refractivity contribution in [2.75, 3.05) is 6.26 Å². The van der Waals surface area contributed by atoms with Crippen LogP contribution in [0.15, 0.2) is 58.2 Å². The van der Waals surface area contributed by atoms with Crippen molar-refractivity contribution < 1.29 is 8.42 Å². The second-order valence-corrected chi connectivity index (χ2v) is 6.74. The Morgan fingerprint density at radius 2 is 1.67 bits per heavy atom. The minimum atomic E-state index is -3.24. The van der Waals surface area contributed by atoms with Gasteiger partial charge in [0.05, 0.1) is 15.8 Å². The van der Waals surface area contributed by atoms with Gasteiger partial charge in [0.25, 0.3) is 5.56 Å². The number of rotatable bonds is 2. The maximum atomic E-state index is 12.0. The average Bonchev–Trinajstić information content (AvgIpc) is 2.46. The summed E-state index contributed by atoms with van der Waals surface area (Å²) in [6.45, 7) is 0. The Kier molecular flexibility index (Phi) is 3.10. The van der Waals surface area contributed by atoms with Gasteiger partial charge in [0.15, 0.2) is 9.84 Å². The normalized spacial score (nSPS) is 11.7. The van der Waals surface area contributed by atoms with Gasteiger partial charge in [-0.3, -0.25) is 4.79 Å². The molecule has 3 rings (SSSR count). The SMILES string of the molecule is CS(=O)(=O)c1ccc(-c2nc3ccccc3c(=O)[nH]2)cc1. The van der Waals surface area contributed by atoms with Crippen LogP contribution in [0.1, 0.15) is 0 Å². The minimum absolute atomic E-state index is 0.220. The van der Waals surface area contributed by atoms with E-state index in [-0.39, 0.29) is 10.5 Å². The number of fused-ring (bicyclic) bond motifs is 1. The van der Waals surface area contributed by atoms with E-state index in [4.69, 9.17) is 0 Å². The molecule has 0 saturated heterocycles. The first-order valence-corrected chi connectivity index (χ1v) is 8.14. The number of nitrogens with zero attached hydrogens (tertiary/aromatic N) is 1. The fraction of sp³-hybridized carbons (Fsp3) is 0.0667. The summed E-state index contributed by atoms with van der Waals surface area (Å²) >= 11 is 0. The van der Waals surface area contributed by atoms with Crippen LogP contribution in [0.5, 0.6) is 0 Å². The van der Waals surface area contributed by atoms with E-state index in [0.29, 0.717) is 22.3 Å². The molecule has 0 fully saturated rings. The molecule has 0 radical (unpaired) electrons. The third-order valence-corrected chi connectivity index (χ3v) is 4.30. The van der Waals surface area contributed by atoms with Gasteiger partial charge in [-0.25, -0.2) is 13.4 Å². The summed E-state index contributed by atoms with van der Waals surface area (Å²) in [5, 5.41) is 0.522. The van der Waals surface area contributed by atoms with Gasteiger partial charge in [-0.2, -0.15) is 0 Å². The number of aromatic amines is 1. The van der Waals surface area contributed by atoms with Crippen molar-refractivity contribution in [1.29, 1.82) is 0 Å². The van der Waals surface area contributed by atoms with E-state index in [9.17, 15) is 13.2 Å². The Labute approximate surface area is 121 Å². The highest BCUT2D eigenvalue weighted by molar-refractivity contribution is 7.90. The van der Waals surface area contributed by atoms with E-state index in [1.54, 1.807) is 30.3 Å². The van der Waals surface area contributed by atoms with Crippen molar-refractivity contribution in [3.05, 3.63) is 58.9 Å². The molecule has 106 valence electrons. The number of para-hydroxylation sites is 1. The molecule has 21 heavy (non-hydrogen) atoms. The minimum Gasteiger partial charge on any atom is -0.306 e. The van der Waals surface area contributed by atoms with Crippen LogP contribution in [-0.2, 0) is 9.84 Å². The highest BCUT2D eigenvalue weighted by Crippen LogP contribution is 2.18. The molecule has 0 amide bonds. The zero-order valence-corrected chi connectivity index (χ0v) is 12.0. The first kappa shape index (κ1) is 13.5. The lowest BCUT2D eigenvalue weighted by Crippen LogP contribution is -2.09. The van der Waals surface area contributed by atoms with Crippen LogP contribution < -0.4 is 5.56 Å². The predicted octanol–water partition coefficient (Wildman–Crippen LogP) is 1.99. The number of nitrogens with one attached hydrogen (secondary N) is 1. The number of sulfone groups is 1. The molecule has 6 heteroatoms. The van der Waals surface area contributed by atoms with Gasteiger partial charge in [0, 0.05) is 11.8 Å². The Bertz CT molecular complexity index is 974. The van der Waals surface area contributed by atoms with Gasteiger partial charge >= 0.3 is 0 Å². The number of benzene rings is 2. The Hall–Kier alpha value is -2.47. The van der Waals surface area contributed by atoms with Gasteiger partial charge in [-0.1, -0.05) is 12.1 Å². The molecular formula is C15H12N2O3S. The van der Waals surface area contributed by atoms with E-state index in [2.05, 4.69) is 9.97 Å². The first-order valence-electron chi connectivity index (χ1n) is 6.25. The molecule has 0 saturated carbocycles. The van der Waals surface area contributed by atoms with Crippen LogP contribution in [0.25, 0.3) is 22.3 Å². The summed E-state index contributed by atoms with van der Waals surface area (Å²) < 4.78 is 22.9. The molecule has 1 N–H and O–H groups in total. The standard InChI is InChI=1S/C15H12N2O3S/c1-21(19,20)11-8-6-10(7-9-11)14-16-13-5-3-2-4-12(13)15(18)17-14/h2-9H,1H3,(H,16,17,18). The summed E-state index contributed by atoms with van der Waals surface area (Å²) in [4.78, 5) is 19.3. The van der Waals surface area contributed by atoms with Gasteiger partial charge in [-0.05, 0) is 36.4 Å². The molecule has 0 spiro atoms. The number of aromatic nitrogens is 2. The zero-order chi connectivity index (χ0) is 15.0. The average molecular weight is 300 g/mol. The van der Waals surface area contributed by atoms with Crippen LogP contribution >= 0.6 is 0 Å². The summed E-state index contributed by atoms with van der Waals surface area (Å²) in [6, 6.07) is 13.3. The van der Waals surface area contributed by atoms with Crippen molar-refractivity contribution in [1.82, 2.24) is 9.97 Å². The van der Waals surface area contributed by atoms with E-state index >= 15 is 0 Å². The molecule has 1 aromatic heterocycles. The van der Waals surface area contributed by atoms with Gasteiger partial charge in [0.2, 0.25) is 0 Å². The topological polar surface area (TPSA) is 79.9 Å². The summed E-state index contributed by atoms with van der Waals surface area (Å²) in [6.07, 6.45) is 1.15. The molecule has 0 aliphatic rings. The molecular weight excluding hydrogens is 288 g/mol. The number of hydrogen-bond donors (Lipinski definition) is 1. The Morgan fingerprint density at radius 3 is 2.33 bits per heavy atom. The van der Waals surface area contributed by atoms with Crippen LogP contribution in [-0.4, -0.2) is 24.6 Å². The van der Waals surface area contributed by atoms with Crippen molar-refractivity contribution in [2.45, 2.75) is 4.90 Å². The van der Waals surface area contributed by atoms with Gasteiger partial charge in [-0.15, -0.1) is 0 Å². The summed E-state index contributed by atoms with van der Waals surface area (Å²) in [5.74, 6) is 0.416. The molecule has 0 aliphatic heterocycles. The quantitative estimate of drug-likeness (QED) is 0.785. The lowest BCUT2D eigenvalue weighted by molar-refractivity contribution is 0.602. The fourth-order valence-electron chi connectivity index (χ4n) is 2.08. The highest BCUT2D eigenvalue weighted by Gasteiger charge is 2.09. The van der Waals surface area contributed by atoms with E-state index in [1.165, 1.54) is 12.1 Å². The van der Waals surface area contributed by atoms with Crippen LogP contribution in [0.2, 0.25) is 0 Å². The van der Waals surface area contributed by atoms with Crippen LogP contribution in [0.3, 0.4) is 0 Å². The summed E-state index contributed by atoms with van der Waals surface area (Å²) in [7, 11) is -3.24. The molecule has 2 aromatic carbocycles. The largest absolute Gasteiger partial charge is 0.306 e. The number of hydrogen-bond acceptors (Lipinski definition) is 4. The molecule has 0 bridgehead atoms. The second-order valence-electron chi connectivity index (χ2n) is 4.73. The van der Waals surface area contributed by atoms with Crippen molar-refractivity contribution in [3.63, 3.8) is 0 Å². The summed E-state index contributed by atoms with van der Waals surface area (Å²) in [5.41, 5.74) is 1.04. The lowest BCUT2D eigenvalue weighted by atomic mass is 10.2. The Balaban J connectivity index is 2.15. The monoisotopic (exact) mass is 300 g/mol. The molecule has 3 aromatic rings. The van der Waals surface area contributed by atoms with Crippen molar-refractivity contribution >= 4 is 20.7 Å². The maximum Gasteiger partial charge on any atom is 0.259 e. The predicted molar refractivity (Wildman–Crippen MR) is 80.9 cm³/mol. The van der Waals surface area contributed by atoms with Crippen molar-refractivity contribution in [3.8, 4) is 11.4 Å². The second kappa shape index (κ2) is 4.82. The van der Waals surface area contributed by atoms with E-state index in [1.807, 2.05) is 6.07 Å². The van der Waals surface area contributed by atoms with E-state index < -0.39 is 9.84 Å². The fourth-order valence-corrected chi connectivity index (χ4v) is 2.71. The third-order valence-electron chi connectivity index (χ3n) is 3.17. The maximum absolute atomic E-state index is 12.0. The zero-order valence-electron chi connectivity index (χ0n) is 11.2. The lowest BCUT2D eigenvalue weighted by Gasteiger charge is -2.04. The van der Waals surface area contributed by atoms with Gasteiger partial charge in [0.1, 0.15) is 5.82 Å². The highest BCUT2D eigenvalue weighted by atomic mass is 32.2.